The largest absolute Gasteiger partial charge is 0.508 e. The number of hydrogen-bond acceptors (Lipinski definition) is 8. The lowest BCUT2D eigenvalue weighted by Gasteiger charge is -2.34. The van der Waals surface area contributed by atoms with E-state index in [0.29, 0.717) is 59.5 Å². The molecule has 2 aromatic heterocycles. The van der Waals surface area contributed by atoms with Gasteiger partial charge in [0, 0.05) is 36.8 Å². The molecule has 0 aliphatic carbocycles. The molecule has 5 heterocycles. The van der Waals surface area contributed by atoms with Crippen LogP contribution in [-0.4, -0.2) is 76.4 Å². The first-order valence-corrected chi connectivity index (χ1v) is 14.5. The van der Waals surface area contributed by atoms with Crippen LogP contribution in [0.15, 0.2) is 30.3 Å². The number of likely N-dealkylation sites (N-methyl/N-ethyl adjacent to an activating group) is 1. The van der Waals surface area contributed by atoms with E-state index in [4.69, 9.17) is 9.72 Å². The van der Waals surface area contributed by atoms with Crippen molar-refractivity contribution in [2.75, 3.05) is 38.2 Å². The lowest BCUT2D eigenvalue weighted by Crippen LogP contribution is -2.51. The van der Waals surface area contributed by atoms with Gasteiger partial charge in [0.1, 0.15) is 40.9 Å². The number of ether oxygens (including phenoxy) is 1. The Balaban J connectivity index is 1.45. The first-order chi connectivity index (χ1) is 20.4. The van der Waals surface area contributed by atoms with Crippen LogP contribution in [0.4, 0.5) is 14.6 Å². The van der Waals surface area contributed by atoms with E-state index in [1.165, 1.54) is 24.3 Å². The molecule has 8 nitrogen and oxygen atoms in total. The number of phenolic OH excluding ortho intramolecular Hbond substituents is 1. The Kier molecular flexibility index (Phi) is 6.79. The Hall–Kier alpha value is -4.07. The molecule has 2 bridgehead atoms. The molecule has 3 fully saturated rings. The van der Waals surface area contributed by atoms with E-state index in [-0.39, 0.29) is 34.6 Å². The first-order valence-electron chi connectivity index (χ1n) is 14.5. The van der Waals surface area contributed by atoms with Gasteiger partial charge in [-0.1, -0.05) is 12.0 Å². The number of piperazine rings is 1. The van der Waals surface area contributed by atoms with Crippen LogP contribution in [0.2, 0.25) is 0 Å². The fourth-order valence-electron chi connectivity index (χ4n) is 6.66. The van der Waals surface area contributed by atoms with Gasteiger partial charge in [0.05, 0.1) is 5.39 Å². The van der Waals surface area contributed by atoms with E-state index in [1.54, 1.807) is 13.0 Å². The number of hydrogen-bond donors (Lipinski definition) is 2. The Morgan fingerprint density at radius 3 is 2.62 bits per heavy atom. The Morgan fingerprint density at radius 2 is 1.88 bits per heavy atom. The van der Waals surface area contributed by atoms with Gasteiger partial charge in [-0.25, -0.2) is 13.8 Å². The summed E-state index contributed by atoms with van der Waals surface area (Å²) < 4.78 is 37.3. The molecule has 42 heavy (non-hydrogen) atoms. The summed E-state index contributed by atoms with van der Waals surface area (Å²) in [5.74, 6) is 5.24. The smallest absolute Gasteiger partial charge is 0.319 e. The number of halogens is 2. The highest BCUT2D eigenvalue weighted by Crippen LogP contribution is 2.39. The van der Waals surface area contributed by atoms with Crippen molar-refractivity contribution < 1.29 is 18.6 Å². The minimum atomic E-state index is -0.701. The SMILES string of the molecule is CC#Cc1nc(-c2cc(O)cc3ccc(F)cc23)c(F)c2nc(OC[C@@H]3CCCN3C)nc(N3C[C@H]4CC[C@@H](C3)N4)c12. The number of pyridine rings is 1. The zero-order chi connectivity index (χ0) is 29.0. The van der Waals surface area contributed by atoms with Crippen LogP contribution in [-0.2, 0) is 0 Å². The predicted molar refractivity (Wildman–Crippen MR) is 158 cm³/mol. The monoisotopic (exact) mass is 570 g/mol. The van der Waals surface area contributed by atoms with Crippen LogP contribution in [0, 0.1) is 23.5 Å². The molecule has 7 rings (SSSR count). The first kappa shape index (κ1) is 26.8. The molecular formula is C32H32F2N6O2. The van der Waals surface area contributed by atoms with Gasteiger partial charge >= 0.3 is 6.01 Å². The third-order valence-electron chi connectivity index (χ3n) is 8.74. The van der Waals surface area contributed by atoms with Gasteiger partial charge in [-0.05, 0) is 87.2 Å². The molecule has 3 aliphatic rings. The van der Waals surface area contributed by atoms with Crippen LogP contribution in [0.5, 0.6) is 11.8 Å². The number of likely N-dealkylation sites (tertiary alicyclic amines) is 1. The molecule has 2 N–H and O–H groups in total. The maximum atomic E-state index is 16.8. The van der Waals surface area contributed by atoms with Crippen LogP contribution in [0.3, 0.4) is 0 Å². The number of nitrogens with zero attached hydrogens (tertiary/aromatic N) is 5. The molecule has 0 unspecified atom stereocenters. The summed E-state index contributed by atoms with van der Waals surface area (Å²) in [5, 5.41) is 15.5. The molecule has 0 radical (unpaired) electrons. The molecule has 3 saturated heterocycles. The number of aromatic hydroxyl groups is 1. The van der Waals surface area contributed by atoms with Crippen molar-refractivity contribution in [3.05, 3.63) is 47.7 Å². The second kappa shape index (κ2) is 10.6. The van der Waals surface area contributed by atoms with Crippen molar-refractivity contribution in [2.24, 2.45) is 0 Å². The number of anilines is 1. The summed E-state index contributed by atoms with van der Waals surface area (Å²) in [7, 11) is 2.07. The van der Waals surface area contributed by atoms with E-state index in [9.17, 15) is 9.50 Å². The van der Waals surface area contributed by atoms with Crippen molar-refractivity contribution >= 4 is 27.5 Å². The van der Waals surface area contributed by atoms with Gasteiger partial charge in [0.25, 0.3) is 0 Å². The van der Waals surface area contributed by atoms with Gasteiger partial charge in [-0.3, -0.25) is 0 Å². The fraction of sp³-hybridized carbons (Fsp3) is 0.406. The standard InChI is InChI=1S/C32H32F2N6O2/c1-3-5-26-27-30(28(34)29(36-26)25-14-23(41)12-18-7-8-19(33)13-24(18)25)37-32(42-17-22-6-4-11-39(22)2)38-31(27)40-15-20-9-10-21(16-40)35-20/h7-8,12-14,20-22,35,41H,4,6,9-11,15-17H2,1-2H3/t20-,21+,22-/m0/s1. The summed E-state index contributed by atoms with van der Waals surface area (Å²) in [6, 6.07) is 8.03. The normalized spacial score (nSPS) is 22.1. The maximum absolute atomic E-state index is 16.8. The molecule has 0 saturated carbocycles. The van der Waals surface area contributed by atoms with Gasteiger partial charge in [-0.15, -0.1) is 0 Å². The van der Waals surface area contributed by atoms with E-state index in [1.807, 2.05) is 0 Å². The third-order valence-corrected chi connectivity index (χ3v) is 8.74. The predicted octanol–water partition coefficient (Wildman–Crippen LogP) is 4.61. The number of rotatable bonds is 5. The molecule has 0 spiro atoms. The highest BCUT2D eigenvalue weighted by molar-refractivity contribution is 6.01. The molecular weight excluding hydrogens is 538 g/mol. The number of phenols is 1. The Morgan fingerprint density at radius 1 is 1.07 bits per heavy atom. The van der Waals surface area contributed by atoms with Gasteiger partial charge in [0.2, 0.25) is 0 Å². The van der Waals surface area contributed by atoms with Crippen molar-refractivity contribution in [1.82, 2.24) is 25.2 Å². The minimum absolute atomic E-state index is 0.0382. The quantitative estimate of drug-likeness (QED) is 0.337. The summed E-state index contributed by atoms with van der Waals surface area (Å²) in [6.07, 6.45) is 4.25. The number of benzene rings is 2. The average Bonchev–Trinajstić information content (AvgIpc) is 3.55. The van der Waals surface area contributed by atoms with Gasteiger partial charge in [-0.2, -0.15) is 9.97 Å². The second-order valence-electron chi connectivity index (χ2n) is 11.5. The molecule has 4 aromatic rings. The number of aromatic nitrogens is 3. The lowest BCUT2D eigenvalue weighted by molar-refractivity contribution is 0.188. The van der Waals surface area contributed by atoms with Crippen molar-refractivity contribution in [3.8, 4) is 34.9 Å². The zero-order valence-corrected chi connectivity index (χ0v) is 23.6. The molecule has 3 atom stereocenters. The number of fused-ring (bicyclic) bond motifs is 4. The molecule has 2 aromatic carbocycles. The Labute approximate surface area is 242 Å². The topological polar surface area (TPSA) is 86.6 Å². The van der Waals surface area contributed by atoms with Crippen LogP contribution < -0.4 is 15.0 Å². The van der Waals surface area contributed by atoms with Crippen molar-refractivity contribution in [3.63, 3.8) is 0 Å². The molecule has 0 amide bonds. The molecule has 3 aliphatic heterocycles. The Bertz CT molecular complexity index is 1760. The van der Waals surface area contributed by atoms with E-state index in [2.05, 4.69) is 44.0 Å². The fourth-order valence-corrected chi connectivity index (χ4v) is 6.66. The van der Waals surface area contributed by atoms with E-state index < -0.39 is 11.6 Å². The second-order valence-corrected chi connectivity index (χ2v) is 11.5. The lowest BCUT2D eigenvalue weighted by atomic mass is 9.99. The summed E-state index contributed by atoms with van der Waals surface area (Å²) >= 11 is 0. The highest BCUT2D eigenvalue weighted by Gasteiger charge is 2.35. The summed E-state index contributed by atoms with van der Waals surface area (Å²) in [4.78, 5) is 18.6. The average molecular weight is 571 g/mol. The molecule has 216 valence electrons. The van der Waals surface area contributed by atoms with Crippen molar-refractivity contribution in [1.29, 1.82) is 0 Å². The summed E-state index contributed by atoms with van der Waals surface area (Å²) in [6.45, 7) is 4.52. The van der Waals surface area contributed by atoms with Crippen LogP contribution in [0.25, 0.3) is 32.9 Å². The van der Waals surface area contributed by atoms with Crippen LogP contribution in [0.1, 0.15) is 38.3 Å². The minimum Gasteiger partial charge on any atom is -0.508 e. The maximum Gasteiger partial charge on any atom is 0.319 e. The third kappa shape index (κ3) is 4.76. The summed E-state index contributed by atoms with van der Waals surface area (Å²) in [5.41, 5.74) is 0.535. The molecule has 10 heteroatoms. The van der Waals surface area contributed by atoms with Gasteiger partial charge < -0.3 is 25.0 Å². The van der Waals surface area contributed by atoms with Crippen molar-refractivity contribution in [2.45, 2.75) is 50.7 Å². The van der Waals surface area contributed by atoms with E-state index >= 15 is 4.39 Å². The zero-order valence-electron chi connectivity index (χ0n) is 23.6. The van der Waals surface area contributed by atoms with Gasteiger partial charge in [0.15, 0.2) is 5.82 Å². The van der Waals surface area contributed by atoms with Crippen LogP contribution >= 0.6 is 0 Å². The van der Waals surface area contributed by atoms with E-state index in [0.717, 1.165) is 32.2 Å². The number of nitrogens with one attached hydrogen (secondary N) is 1. The highest BCUT2D eigenvalue weighted by atomic mass is 19.1.